The molecule has 1 atom stereocenters. The Bertz CT molecular complexity index is 352. The predicted molar refractivity (Wildman–Crippen MR) is 56.4 cm³/mol. The first-order valence-electron chi connectivity index (χ1n) is 4.27. The molecule has 0 aliphatic carbocycles. The lowest BCUT2D eigenvalue weighted by molar-refractivity contribution is -0.141. The Morgan fingerprint density at radius 3 is 2.79 bits per heavy atom. The summed E-state index contributed by atoms with van der Waals surface area (Å²) in [7, 11) is 0. The van der Waals surface area contributed by atoms with E-state index in [1.54, 1.807) is 25.1 Å². The molecule has 0 bridgehead atoms. The SMILES string of the molecule is C[C@@H](Cc1ccc(Cl)c(N)c1)C(=O)O. The highest BCUT2D eigenvalue weighted by Gasteiger charge is 2.11. The third-order valence-electron chi connectivity index (χ3n) is 2.02. The van der Waals surface area contributed by atoms with E-state index in [0.717, 1.165) is 5.56 Å². The first-order valence-corrected chi connectivity index (χ1v) is 4.65. The number of carboxylic acids is 1. The molecule has 0 aliphatic rings. The maximum absolute atomic E-state index is 10.6. The molecule has 0 amide bonds. The van der Waals surface area contributed by atoms with Gasteiger partial charge in [-0.05, 0) is 24.1 Å². The molecule has 0 heterocycles. The topological polar surface area (TPSA) is 63.3 Å². The zero-order valence-electron chi connectivity index (χ0n) is 7.83. The average Bonchev–Trinajstić information content (AvgIpc) is 2.11. The van der Waals surface area contributed by atoms with E-state index in [2.05, 4.69) is 0 Å². The van der Waals surface area contributed by atoms with Crippen LogP contribution in [0.1, 0.15) is 12.5 Å². The maximum Gasteiger partial charge on any atom is 0.306 e. The highest BCUT2D eigenvalue weighted by atomic mass is 35.5. The Hall–Kier alpha value is -1.22. The molecule has 0 unspecified atom stereocenters. The standard InChI is InChI=1S/C10H12ClNO2/c1-6(10(13)14)4-7-2-3-8(11)9(12)5-7/h2-3,5-6H,4,12H2,1H3,(H,13,14)/t6-/m0/s1. The molecule has 0 aromatic heterocycles. The summed E-state index contributed by atoms with van der Waals surface area (Å²) in [5.41, 5.74) is 6.97. The van der Waals surface area contributed by atoms with Crippen LogP contribution in [0.25, 0.3) is 0 Å². The van der Waals surface area contributed by atoms with Crippen LogP contribution < -0.4 is 5.73 Å². The number of rotatable bonds is 3. The summed E-state index contributed by atoms with van der Waals surface area (Å²) < 4.78 is 0. The second kappa shape index (κ2) is 4.33. The van der Waals surface area contributed by atoms with Crippen molar-refractivity contribution in [2.75, 3.05) is 5.73 Å². The number of nitrogen functional groups attached to an aromatic ring is 1. The Labute approximate surface area is 87.5 Å². The van der Waals surface area contributed by atoms with Crippen molar-refractivity contribution in [3.8, 4) is 0 Å². The molecule has 14 heavy (non-hydrogen) atoms. The van der Waals surface area contributed by atoms with Gasteiger partial charge in [0, 0.05) is 0 Å². The molecule has 0 saturated carbocycles. The van der Waals surface area contributed by atoms with Crippen LogP contribution in [0.15, 0.2) is 18.2 Å². The zero-order chi connectivity index (χ0) is 10.7. The molecular formula is C10H12ClNO2. The molecule has 3 nitrogen and oxygen atoms in total. The van der Waals surface area contributed by atoms with Gasteiger partial charge in [-0.3, -0.25) is 4.79 Å². The molecule has 0 radical (unpaired) electrons. The van der Waals surface area contributed by atoms with Gasteiger partial charge in [0.25, 0.3) is 0 Å². The molecule has 0 saturated heterocycles. The highest BCUT2D eigenvalue weighted by Crippen LogP contribution is 2.21. The van der Waals surface area contributed by atoms with Gasteiger partial charge >= 0.3 is 5.97 Å². The maximum atomic E-state index is 10.6. The van der Waals surface area contributed by atoms with Crippen molar-refractivity contribution < 1.29 is 9.90 Å². The molecule has 76 valence electrons. The van der Waals surface area contributed by atoms with E-state index < -0.39 is 11.9 Å². The molecule has 0 fully saturated rings. The van der Waals surface area contributed by atoms with E-state index in [9.17, 15) is 4.79 Å². The lowest BCUT2D eigenvalue weighted by Gasteiger charge is -2.07. The number of halogens is 1. The highest BCUT2D eigenvalue weighted by molar-refractivity contribution is 6.33. The molecule has 1 aromatic rings. The number of hydrogen-bond acceptors (Lipinski definition) is 2. The lowest BCUT2D eigenvalue weighted by atomic mass is 10.0. The van der Waals surface area contributed by atoms with Crippen molar-refractivity contribution >= 4 is 23.3 Å². The van der Waals surface area contributed by atoms with Gasteiger partial charge in [0.2, 0.25) is 0 Å². The quantitative estimate of drug-likeness (QED) is 0.757. The fraction of sp³-hybridized carbons (Fsp3) is 0.300. The normalized spacial score (nSPS) is 12.4. The fourth-order valence-electron chi connectivity index (χ4n) is 1.16. The number of carboxylic acid groups (broad SMARTS) is 1. The number of aliphatic carboxylic acids is 1. The number of carbonyl (C=O) groups is 1. The third-order valence-corrected chi connectivity index (χ3v) is 2.37. The minimum atomic E-state index is -0.807. The number of hydrogen-bond donors (Lipinski definition) is 2. The van der Waals surface area contributed by atoms with Crippen molar-refractivity contribution in [1.82, 2.24) is 0 Å². The second-order valence-electron chi connectivity index (χ2n) is 3.30. The first-order chi connectivity index (χ1) is 6.50. The van der Waals surface area contributed by atoms with Crippen LogP contribution >= 0.6 is 11.6 Å². The van der Waals surface area contributed by atoms with Crippen LogP contribution in [0.2, 0.25) is 5.02 Å². The van der Waals surface area contributed by atoms with Crippen LogP contribution in [0.4, 0.5) is 5.69 Å². The number of benzene rings is 1. The van der Waals surface area contributed by atoms with Crippen molar-refractivity contribution in [3.05, 3.63) is 28.8 Å². The molecule has 1 aromatic carbocycles. The fourth-order valence-corrected chi connectivity index (χ4v) is 1.28. The summed E-state index contributed by atoms with van der Waals surface area (Å²) >= 11 is 5.74. The first kappa shape index (κ1) is 10.9. The summed E-state index contributed by atoms with van der Waals surface area (Å²) in [5.74, 6) is -1.21. The van der Waals surface area contributed by atoms with E-state index in [0.29, 0.717) is 17.1 Å². The van der Waals surface area contributed by atoms with E-state index in [-0.39, 0.29) is 0 Å². The Morgan fingerprint density at radius 2 is 2.29 bits per heavy atom. The van der Waals surface area contributed by atoms with E-state index in [1.165, 1.54) is 0 Å². The van der Waals surface area contributed by atoms with Crippen molar-refractivity contribution in [3.63, 3.8) is 0 Å². The summed E-state index contributed by atoms with van der Waals surface area (Å²) in [5, 5.41) is 9.21. The van der Waals surface area contributed by atoms with Gasteiger partial charge in [0.1, 0.15) is 0 Å². The molecule has 1 rings (SSSR count). The molecule has 0 aliphatic heterocycles. The van der Waals surface area contributed by atoms with Crippen molar-refractivity contribution in [2.45, 2.75) is 13.3 Å². The molecular weight excluding hydrogens is 202 g/mol. The van der Waals surface area contributed by atoms with E-state index in [1.807, 2.05) is 0 Å². The minimum absolute atomic E-state index is 0.407. The van der Waals surface area contributed by atoms with Crippen LogP contribution in [0.5, 0.6) is 0 Å². The third kappa shape index (κ3) is 2.64. The van der Waals surface area contributed by atoms with Crippen LogP contribution in [0, 0.1) is 5.92 Å². The van der Waals surface area contributed by atoms with E-state index >= 15 is 0 Å². The summed E-state index contributed by atoms with van der Waals surface area (Å²) in [6.07, 6.45) is 0.469. The zero-order valence-corrected chi connectivity index (χ0v) is 8.58. The minimum Gasteiger partial charge on any atom is -0.481 e. The predicted octanol–water partition coefficient (Wildman–Crippen LogP) is 2.19. The number of nitrogens with two attached hydrogens (primary N) is 1. The molecule has 0 spiro atoms. The van der Waals surface area contributed by atoms with Gasteiger partial charge in [-0.15, -0.1) is 0 Å². The lowest BCUT2D eigenvalue weighted by Crippen LogP contribution is -2.12. The van der Waals surface area contributed by atoms with Gasteiger partial charge in [0.05, 0.1) is 16.6 Å². The van der Waals surface area contributed by atoms with E-state index in [4.69, 9.17) is 22.4 Å². The molecule has 4 heteroatoms. The van der Waals surface area contributed by atoms with Gasteiger partial charge in [-0.1, -0.05) is 24.6 Å². The van der Waals surface area contributed by atoms with Crippen LogP contribution in [-0.2, 0) is 11.2 Å². The van der Waals surface area contributed by atoms with Crippen molar-refractivity contribution in [1.29, 1.82) is 0 Å². The largest absolute Gasteiger partial charge is 0.481 e. The van der Waals surface area contributed by atoms with Gasteiger partial charge in [-0.25, -0.2) is 0 Å². The number of anilines is 1. The Balaban J connectivity index is 2.78. The van der Waals surface area contributed by atoms with Crippen molar-refractivity contribution in [2.24, 2.45) is 5.92 Å². The second-order valence-corrected chi connectivity index (χ2v) is 3.71. The van der Waals surface area contributed by atoms with Gasteiger partial charge < -0.3 is 10.8 Å². The summed E-state index contributed by atoms with van der Waals surface area (Å²) in [6, 6.07) is 5.18. The summed E-state index contributed by atoms with van der Waals surface area (Å²) in [6.45, 7) is 1.66. The average molecular weight is 214 g/mol. The van der Waals surface area contributed by atoms with Gasteiger partial charge in [0.15, 0.2) is 0 Å². The Morgan fingerprint density at radius 1 is 1.64 bits per heavy atom. The molecule has 3 N–H and O–H groups in total. The van der Waals surface area contributed by atoms with Crippen LogP contribution in [0.3, 0.4) is 0 Å². The van der Waals surface area contributed by atoms with Crippen LogP contribution in [-0.4, -0.2) is 11.1 Å². The van der Waals surface area contributed by atoms with Gasteiger partial charge in [-0.2, -0.15) is 0 Å². The Kier molecular flexibility index (Phi) is 3.36. The monoisotopic (exact) mass is 213 g/mol. The summed E-state index contributed by atoms with van der Waals surface area (Å²) in [4.78, 5) is 10.6. The smallest absolute Gasteiger partial charge is 0.306 e.